The van der Waals surface area contributed by atoms with Crippen molar-refractivity contribution < 1.29 is 29.3 Å². The van der Waals surface area contributed by atoms with E-state index in [1.165, 1.54) is 6.92 Å². The molecule has 2 atom stereocenters. The lowest BCUT2D eigenvalue weighted by molar-refractivity contribution is -0.158. The van der Waals surface area contributed by atoms with Crippen LogP contribution in [0, 0.1) is 0 Å². The number of hydrogen-bond acceptors (Lipinski definition) is 6. The zero-order valence-corrected chi connectivity index (χ0v) is 15.7. The Morgan fingerprint density at radius 1 is 0.963 bits per heavy atom. The standard InChI is InChI=1S/C14H12O2.C5H8O3.C2H6O/c15-13(11-7-3-1-4-8-11)14(16)12-9-5-2-6-10-12;1-3-5(7)8-4(2)6;1-3-2/h1-10,13,15H;3-4,6H,1H2,2H3;1-2H3. The third kappa shape index (κ3) is 10.7. The average molecular weight is 374 g/mol. The molecule has 0 aliphatic rings. The first-order valence-corrected chi connectivity index (χ1v) is 8.10. The maximum absolute atomic E-state index is 11.9. The summed E-state index contributed by atoms with van der Waals surface area (Å²) in [6, 6.07) is 17.7. The van der Waals surface area contributed by atoms with Crippen molar-refractivity contribution in [1.82, 2.24) is 0 Å². The van der Waals surface area contributed by atoms with Crippen molar-refractivity contribution in [2.75, 3.05) is 14.2 Å². The molecule has 27 heavy (non-hydrogen) atoms. The number of ether oxygens (including phenoxy) is 2. The van der Waals surface area contributed by atoms with E-state index in [1.54, 1.807) is 62.8 Å². The van der Waals surface area contributed by atoms with Gasteiger partial charge in [-0.2, -0.15) is 0 Å². The second-order valence-corrected chi connectivity index (χ2v) is 5.19. The lowest BCUT2D eigenvalue weighted by Crippen LogP contribution is -2.11. The molecule has 6 nitrogen and oxygen atoms in total. The Labute approximate surface area is 159 Å². The van der Waals surface area contributed by atoms with Gasteiger partial charge in [-0.25, -0.2) is 4.79 Å². The van der Waals surface area contributed by atoms with E-state index in [0.29, 0.717) is 11.1 Å². The van der Waals surface area contributed by atoms with Crippen LogP contribution in [0.4, 0.5) is 0 Å². The number of rotatable bonds is 5. The van der Waals surface area contributed by atoms with Crippen molar-refractivity contribution in [3.63, 3.8) is 0 Å². The molecule has 2 aromatic carbocycles. The maximum Gasteiger partial charge on any atom is 0.332 e. The van der Waals surface area contributed by atoms with E-state index in [2.05, 4.69) is 16.1 Å². The Bertz CT molecular complexity index is 668. The highest BCUT2D eigenvalue weighted by Crippen LogP contribution is 2.17. The Hall–Kier alpha value is -2.80. The highest BCUT2D eigenvalue weighted by atomic mass is 16.6. The summed E-state index contributed by atoms with van der Waals surface area (Å²) in [7, 11) is 3.25. The molecule has 2 rings (SSSR count). The van der Waals surface area contributed by atoms with Crippen LogP contribution in [-0.2, 0) is 14.3 Å². The molecule has 0 bridgehead atoms. The average Bonchev–Trinajstić information content (AvgIpc) is 2.68. The number of ketones is 1. The predicted octanol–water partition coefficient (Wildman–Crippen LogP) is 2.92. The minimum absolute atomic E-state index is 0.271. The Kier molecular flexibility index (Phi) is 12.9. The summed E-state index contributed by atoms with van der Waals surface area (Å²) < 4.78 is 8.45. The van der Waals surface area contributed by atoms with Gasteiger partial charge in [0.2, 0.25) is 0 Å². The number of methoxy groups -OCH3 is 1. The van der Waals surface area contributed by atoms with Gasteiger partial charge in [0.25, 0.3) is 0 Å². The van der Waals surface area contributed by atoms with Crippen molar-refractivity contribution >= 4 is 11.8 Å². The molecule has 0 saturated heterocycles. The topological polar surface area (TPSA) is 93.1 Å². The molecule has 2 aromatic rings. The SMILES string of the molecule is C=CC(=O)OC(C)O.COC.O=C(c1ccccc1)C(O)c1ccccc1. The molecule has 0 amide bonds. The molecule has 146 valence electrons. The van der Waals surface area contributed by atoms with E-state index < -0.39 is 18.4 Å². The predicted molar refractivity (Wildman–Crippen MR) is 103 cm³/mol. The van der Waals surface area contributed by atoms with Crippen LogP contribution in [0.25, 0.3) is 0 Å². The van der Waals surface area contributed by atoms with E-state index >= 15 is 0 Å². The number of hydrogen-bond donors (Lipinski definition) is 2. The minimum Gasteiger partial charge on any atom is -0.433 e. The van der Waals surface area contributed by atoms with Gasteiger partial charge >= 0.3 is 5.97 Å². The van der Waals surface area contributed by atoms with Crippen LogP contribution in [0.3, 0.4) is 0 Å². The Morgan fingerprint density at radius 3 is 1.78 bits per heavy atom. The molecular weight excluding hydrogens is 348 g/mol. The number of Topliss-reactive ketones (excluding diaryl/α,β-unsaturated/α-hetero) is 1. The van der Waals surface area contributed by atoms with Gasteiger partial charge in [0.05, 0.1) is 0 Å². The first-order valence-electron chi connectivity index (χ1n) is 8.10. The quantitative estimate of drug-likeness (QED) is 0.362. The number of benzene rings is 2. The fourth-order valence-electron chi connectivity index (χ4n) is 1.76. The van der Waals surface area contributed by atoms with Crippen LogP contribution in [0.5, 0.6) is 0 Å². The summed E-state index contributed by atoms with van der Waals surface area (Å²) in [5, 5.41) is 18.3. The first kappa shape index (κ1) is 24.2. The monoisotopic (exact) mass is 374 g/mol. The van der Waals surface area contributed by atoms with Crippen LogP contribution in [0.2, 0.25) is 0 Å². The maximum atomic E-state index is 11.9. The van der Waals surface area contributed by atoms with E-state index in [0.717, 1.165) is 6.08 Å². The summed E-state index contributed by atoms with van der Waals surface area (Å²) in [5.41, 5.74) is 1.15. The summed E-state index contributed by atoms with van der Waals surface area (Å²) in [5.74, 6) is -0.883. The van der Waals surface area contributed by atoms with E-state index in [4.69, 9.17) is 5.11 Å². The fourth-order valence-corrected chi connectivity index (χ4v) is 1.76. The highest BCUT2D eigenvalue weighted by Gasteiger charge is 2.18. The van der Waals surface area contributed by atoms with Crippen molar-refractivity contribution in [3.05, 3.63) is 84.4 Å². The molecule has 0 heterocycles. The van der Waals surface area contributed by atoms with Crippen LogP contribution in [-0.4, -0.2) is 42.5 Å². The van der Waals surface area contributed by atoms with Gasteiger partial charge in [0, 0.05) is 25.9 Å². The lowest BCUT2D eigenvalue weighted by Gasteiger charge is -2.09. The van der Waals surface area contributed by atoms with E-state index in [1.807, 2.05) is 12.1 Å². The van der Waals surface area contributed by atoms with Crippen molar-refractivity contribution in [2.45, 2.75) is 19.3 Å². The summed E-state index contributed by atoms with van der Waals surface area (Å²) >= 11 is 0. The molecule has 0 radical (unpaired) electrons. The number of aliphatic hydroxyl groups is 2. The van der Waals surface area contributed by atoms with Gasteiger partial charge in [-0.1, -0.05) is 67.2 Å². The highest BCUT2D eigenvalue weighted by molar-refractivity contribution is 5.99. The van der Waals surface area contributed by atoms with Crippen molar-refractivity contribution in [3.8, 4) is 0 Å². The van der Waals surface area contributed by atoms with E-state index in [9.17, 15) is 14.7 Å². The summed E-state index contributed by atoms with van der Waals surface area (Å²) in [4.78, 5) is 22.0. The van der Waals surface area contributed by atoms with Crippen LogP contribution in [0.15, 0.2) is 73.3 Å². The smallest absolute Gasteiger partial charge is 0.332 e. The molecule has 2 unspecified atom stereocenters. The van der Waals surface area contributed by atoms with Gasteiger partial charge in [-0.3, -0.25) is 4.79 Å². The van der Waals surface area contributed by atoms with Crippen molar-refractivity contribution in [2.24, 2.45) is 0 Å². The molecule has 0 aliphatic carbocycles. The molecule has 2 N–H and O–H groups in total. The van der Waals surface area contributed by atoms with Crippen LogP contribution in [0.1, 0.15) is 28.9 Å². The molecule has 0 aliphatic heterocycles. The van der Waals surface area contributed by atoms with Gasteiger partial charge in [-0.05, 0) is 12.5 Å². The summed E-state index contributed by atoms with van der Waals surface area (Å²) in [6.07, 6.45) is -1.13. The fraction of sp³-hybridized carbons (Fsp3) is 0.238. The number of aliphatic hydroxyl groups excluding tert-OH is 2. The third-order valence-electron chi connectivity index (χ3n) is 2.88. The molecular formula is C21H26O6. The number of esters is 1. The van der Waals surface area contributed by atoms with Gasteiger partial charge in [0.15, 0.2) is 12.1 Å². The second kappa shape index (κ2) is 14.4. The van der Waals surface area contributed by atoms with Gasteiger partial charge < -0.3 is 19.7 Å². The Morgan fingerprint density at radius 2 is 1.41 bits per heavy atom. The minimum atomic E-state index is -1.08. The Balaban J connectivity index is 0.000000519. The molecule has 0 aromatic heterocycles. The second-order valence-electron chi connectivity index (χ2n) is 5.19. The largest absolute Gasteiger partial charge is 0.433 e. The third-order valence-corrected chi connectivity index (χ3v) is 2.88. The van der Waals surface area contributed by atoms with Gasteiger partial charge in [-0.15, -0.1) is 0 Å². The van der Waals surface area contributed by atoms with E-state index in [-0.39, 0.29) is 5.78 Å². The van der Waals surface area contributed by atoms with Crippen molar-refractivity contribution in [1.29, 1.82) is 0 Å². The number of carbonyl (C=O) groups is 2. The van der Waals surface area contributed by atoms with Gasteiger partial charge in [0.1, 0.15) is 6.10 Å². The molecule has 0 saturated carbocycles. The molecule has 0 fully saturated rings. The normalized spacial score (nSPS) is 11.4. The zero-order chi connectivity index (χ0) is 20.7. The van der Waals surface area contributed by atoms with Crippen LogP contribution < -0.4 is 0 Å². The zero-order valence-electron chi connectivity index (χ0n) is 15.7. The number of carbonyl (C=O) groups excluding carboxylic acids is 2. The summed E-state index contributed by atoms with van der Waals surface area (Å²) in [6.45, 7) is 4.48. The first-order chi connectivity index (χ1) is 12.9. The molecule has 6 heteroatoms. The molecule has 0 spiro atoms. The lowest BCUT2D eigenvalue weighted by atomic mass is 10.0. The van der Waals surface area contributed by atoms with Crippen LogP contribution >= 0.6 is 0 Å².